The summed E-state index contributed by atoms with van der Waals surface area (Å²) in [6.45, 7) is 3.53. The molecule has 2 aliphatic rings. The lowest BCUT2D eigenvalue weighted by atomic mass is 9.87. The molecule has 0 aromatic heterocycles. The van der Waals surface area contributed by atoms with Crippen molar-refractivity contribution < 1.29 is 0 Å². The molecule has 1 fully saturated rings. The minimum atomic E-state index is 0.237. The smallest absolute Gasteiger partial charge is 0.0406 e. The molecular weight excluding hydrogens is 206 g/mol. The van der Waals surface area contributed by atoms with Crippen molar-refractivity contribution in [3.63, 3.8) is 0 Å². The van der Waals surface area contributed by atoms with Crippen LogP contribution < -0.4 is 5.32 Å². The third-order valence-corrected chi connectivity index (χ3v) is 4.60. The van der Waals surface area contributed by atoms with Crippen LogP contribution in [-0.4, -0.2) is 6.54 Å². The van der Waals surface area contributed by atoms with Crippen molar-refractivity contribution >= 4 is 0 Å². The minimum Gasteiger partial charge on any atom is -0.308 e. The van der Waals surface area contributed by atoms with Crippen LogP contribution in [0.25, 0.3) is 0 Å². The van der Waals surface area contributed by atoms with Gasteiger partial charge in [0.25, 0.3) is 0 Å². The second kappa shape index (κ2) is 4.45. The Kier molecular flexibility index (Phi) is 2.96. The molecule has 0 bridgehead atoms. The molecule has 1 saturated heterocycles. The van der Waals surface area contributed by atoms with Gasteiger partial charge in [0, 0.05) is 5.54 Å². The van der Waals surface area contributed by atoms with Crippen LogP contribution in [0.15, 0.2) is 18.2 Å². The van der Waals surface area contributed by atoms with Gasteiger partial charge in [-0.15, -0.1) is 0 Å². The van der Waals surface area contributed by atoms with Crippen molar-refractivity contribution in [1.82, 2.24) is 5.32 Å². The summed E-state index contributed by atoms with van der Waals surface area (Å²) in [5, 5.41) is 3.67. The van der Waals surface area contributed by atoms with Gasteiger partial charge in [0.05, 0.1) is 0 Å². The topological polar surface area (TPSA) is 12.0 Å². The van der Waals surface area contributed by atoms with Crippen LogP contribution in [0.3, 0.4) is 0 Å². The van der Waals surface area contributed by atoms with Crippen LogP contribution in [-0.2, 0) is 18.4 Å². The van der Waals surface area contributed by atoms with E-state index in [0.29, 0.717) is 0 Å². The van der Waals surface area contributed by atoms with Gasteiger partial charge in [-0.1, -0.05) is 24.6 Å². The summed E-state index contributed by atoms with van der Waals surface area (Å²) in [5.74, 6) is 0. The summed E-state index contributed by atoms with van der Waals surface area (Å²) in [7, 11) is 0. The molecule has 1 aliphatic heterocycles. The molecule has 1 atom stereocenters. The fourth-order valence-electron chi connectivity index (χ4n) is 3.39. The lowest BCUT2D eigenvalue weighted by molar-refractivity contribution is 0.434. The van der Waals surface area contributed by atoms with Crippen LogP contribution in [0.5, 0.6) is 0 Å². The number of nitrogens with one attached hydrogen (secondary N) is 1. The average molecular weight is 229 g/mol. The molecule has 1 unspecified atom stereocenters. The highest BCUT2D eigenvalue weighted by Gasteiger charge is 2.30. The Hall–Kier alpha value is -0.820. The number of fused-ring (bicyclic) bond motifs is 1. The number of benzene rings is 1. The normalized spacial score (nSPS) is 28.8. The van der Waals surface area contributed by atoms with Gasteiger partial charge in [-0.3, -0.25) is 0 Å². The van der Waals surface area contributed by atoms with E-state index in [0.717, 1.165) is 0 Å². The Balaban J connectivity index is 1.94. The van der Waals surface area contributed by atoms with E-state index in [1.807, 2.05) is 0 Å². The molecule has 0 amide bonds. The van der Waals surface area contributed by atoms with Gasteiger partial charge >= 0.3 is 0 Å². The number of aryl methyl sites for hydroxylation is 2. The SMILES string of the molecule is CC1(c2ccc3c(c2)CCCCC3)CCCN1. The summed E-state index contributed by atoms with van der Waals surface area (Å²) >= 11 is 0. The van der Waals surface area contributed by atoms with Crippen molar-refractivity contribution in [2.45, 2.75) is 57.4 Å². The molecule has 1 aliphatic carbocycles. The van der Waals surface area contributed by atoms with Gasteiger partial charge in [0.15, 0.2) is 0 Å². The molecule has 0 spiro atoms. The maximum Gasteiger partial charge on any atom is 0.0406 e. The minimum absolute atomic E-state index is 0.237. The fraction of sp³-hybridized carbons (Fsp3) is 0.625. The zero-order valence-corrected chi connectivity index (χ0v) is 10.9. The lowest BCUT2D eigenvalue weighted by Gasteiger charge is -2.26. The molecule has 1 aromatic rings. The molecular formula is C16H23N. The fourth-order valence-corrected chi connectivity index (χ4v) is 3.39. The molecule has 92 valence electrons. The molecule has 1 heteroatoms. The van der Waals surface area contributed by atoms with Gasteiger partial charge < -0.3 is 5.32 Å². The van der Waals surface area contributed by atoms with Crippen molar-refractivity contribution in [1.29, 1.82) is 0 Å². The number of rotatable bonds is 1. The standard InChI is InChI=1S/C16H23N/c1-16(10-5-11-17-16)15-9-8-13-6-3-2-4-7-14(13)12-15/h8-9,12,17H,2-7,10-11H2,1H3. The first-order valence-corrected chi connectivity index (χ1v) is 7.15. The quantitative estimate of drug-likeness (QED) is 0.726. The molecule has 17 heavy (non-hydrogen) atoms. The average Bonchev–Trinajstić information content (AvgIpc) is 2.65. The Morgan fingerprint density at radius 2 is 1.82 bits per heavy atom. The Morgan fingerprint density at radius 1 is 1.00 bits per heavy atom. The van der Waals surface area contributed by atoms with Crippen molar-refractivity contribution in [2.24, 2.45) is 0 Å². The largest absolute Gasteiger partial charge is 0.308 e. The summed E-state index contributed by atoms with van der Waals surface area (Å²) in [4.78, 5) is 0. The second-order valence-electron chi connectivity index (χ2n) is 5.91. The highest BCUT2D eigenvalue weighted by atomic mass is 15.0. The van der Waals surface area contributed by atoms with Crippen molar-refractivity contribution in [2.75, 3.05) is 6.54 Å². The predicted molar refractivity (Wildman–Crippen MR) is 72.3 cm³/mol. The zero-order chi connectivity index (χ0) is 11.7. The van der Waals surface area contributed by atoms with Crippen LogP contribution in [0.2, 0.25) is 0 Å². The van der Waals surface area contributed by atoms with Crippen LogP contribution >= 0.6 is 0 Å². The van der Waals surface area contributed by atoms with E-state index in [1.54, 1.807) is 11.1 Å². The van der Waals surface area contributed by atoms with E-state index in [1.165, 1.54) is 57.1 Å². The highest BCUT2D eigenvalue weighted by Crippen LogP contribution is 2.32. The summed E-state index contributed by atoms with van der Waals surface area (Å²) in [6, 6.07) is 7.24. The maximum atomic E-state index is 3.67. The molecule has 1 N–H and O–H groups in total. The lowest BCUT2D eigenvalue weighted by Crippen LogP contribution is -2.33. The molecule has 0 saturated carbocycles. The first-order chi connectivity index (χ1) is 8.28. The summed E-state index contributed by atoms with van der Waals surface area (Å²) < 4.78 is 0. The first-order valence-electron chi connectivity index (χ1n) is 7.15. The molecule has 1 heterocycles. The van der Waals surface area contributed by atoms with E-state index in [9.17, 15) is 0 Å². The second-order valence-corrected chi connectivity index (χ2v) is 5.91. The molecule has 0 radical (unpaired) electrons. The maximum absolute atomic E-state index is 3.67. The van der Waals surface area contributed by atoms with E-state index < -0.39 is 0 Å². The van der Waals surface area contributed by atoms with Crippen LogP contribution in [0.4, 0.5) is 0 Å². The summed E-state index contributed by atoms with van der Waals surface area (Å²) in [5.41, 5.74) is 4.97. The predicted octanol–water partition coefficient (Wildman–Crippen LogP) is 3.55. The van der Waals surface area contributed by atoms with Crippen molar-refractivity contribution in [3.05, 3.63) is 34.9 Å². The van der Waals surface area contributed by atoms with Gasteiger partial charge in [0.2, 0.25) is 0 Å². The number of hydrogen-bond donors (Lipinski definition) is 1. The monoisotopic (exact) mass is 229 g/mol. The van der Waals surface area contributed by atoms with Gasteiger partial charge in [-0.2, -0.15) is 0 Å². The summed E-state index contributed by atoms with van der Waals surface area (Å²) in [6.07, 6.45) is 9.33. The number of hydrogen-bond acceptors (Lipinski definition) is 1. The van der Waals surface area contributed by atoms with Crippen LogP contribution in [0, 0.1) is 0 Å². The molecule has 1 aromatic carbocycles. The van der Waals surface area contributed by atoms with E-state index in [2.05, 4.69) is 30.4 Å². The van der Waals surface area contributed by atoms with E-state index in [-0.39, 0.29) is 5.54 Å². The Bertz CT molecular complexity index is 402. The van der Waals surface area contributed by atoms with E-state index >= 15 is 0 Å². The molecule has 3 rings (SSSR count). The van der Waals surface area contributed by atoms with Gasteiger partial charge in [0.1, 0.15) is 0 Å². The zero-order valence-electron chi connectivity index (χ0n) is 10.9. The van der Waals surface area contributed by atoms with Gasteiger partial charge in [-0.25, -0.2) is 0 Å². The van der Waals surface area contributed by atoms with E-state index in [4.69, 9.17) is 0 Å². The third-order valence-electron chi connectivity index (χ3n) is 4.60. The Labute approximate surface area is 105 Å². The highest BCUT2D eigenvalue weighted by molar-refractivity contribution is 5.36. The van der Waals surface area contributed by atoms with Gasteiger partial charge in [-0.05, 0) is 68.7 Å². The third kappa shape index (κ3) is 2.13. The molecule has 1 nitrogen and oxygen atoms in total. The van der Waals surface area contributed by atoms with Crippen molar-refractivity contribution in [3.8, 4) is 0 Å². The Morgan fingerprint density at radius 3 is 2.59 bits per heavy atom. The first kappa shape index (κ1) is 11.3. The van der Waals surface area contributed by atoms with Crippen LogP contribution in [0.1, 0.15) is 55.7 Å².